The number of rotatable bonds is 4. The summed E-state index contributed by atoms with van der Waals surface area (Å²) in [6.45, 7) is 3.69. The number of aromatic nitrogens is 1. The molecule has 1 aromatic heterocycles. The van der Waals surface area contributed by atoms with Crippen LogP contribution >= 0.6 is 0 Å². The quantitative estimate of drug-likeness (QED) is 0.875. The molecule has 1 unspecified atom stereocenters. The minimum atomic E-state index is -0.691. The van der Waals surface area contributed by atoms with Gasteiger partial charge in [-0.05, 0) is 17.4 Å². The monoisotopic (exact) mass is 286 g/mol. The van der Waals surface area contributed by atoms with Crippen molar-refractivity contribution < 1.29 is 14.3 Å². The molecule has 0 spiro atoms. The molecule has 1 heterocycles. The summed E-state index contributed by atoms with van der Waals surface area (Å²) in [6, 6.07) is 8.64. The molecular weight excluding hydrogens is 268 g/mol. The molecular formula is C16H18N2O3. The maximum absolute atomic E-state index is 12.4. The Bertz CT molecular complexity index is 662. The summed E-state index contributed by atoms with van der Waals surface area (Å²) in [7, 11) is 1.31. The number of carbonyl (C=O) groups excluding carboxylic acids is 2. The molecule has 1 atom stereocenters. The second-order valence-electron chi connectivity index (χ2n) is 5.10. The number of fused-ring (bicyclic) bond motifs is 1. The van der Waals surface area contributed by atoms with Crippen LogP contribution in [0, 0.1) is 5.92 Å². The van der Waals surface area contributed by atoms with Gasteiger partial charge in [0.25, 0.3) is 5.91 Å². The zero-order chi connectivity index (χ0) is 15.4. The van der Waals surface area contributed by atoms with Gasteiger partial charge in [-0.2, -0.15) is 0 Å². The molecule has 0 aliphatic carbocycles. The van der Waals surface area contributed by atoms with E-state index in [4.69, 9.17) is 4.74 Å². The van der Waals surface area contributed by atoms with Gasteiger partial charge in [-0.1, -0.05) is 38.1 Å². The second kappa shape index (κ2) is 6.35. The van der Waals surface area contributed by atoms with Gasteiger partial charge >= 0.3 is 5.97 Å². The first-order valence-electron chi connectivity index (χ1n) is 6.77. The lowest BCUT2D eigenvalue weighted by Gasteiger charge is -2.19. The molecule has 5 nitrogen and oxygen atoms in total. The van der Waals surface area contributed by atoms with Crippen molar-refractivity contribution in [2.75, 3.05) is 7.11 Å². The summed E-state index contributed by atoms with van der Waals surface area (Å²) in [5.74, 6) is -0.911. The SMILES string of the molecule is COC(=O)C(NC(=O)c1nccc2ccccc12)C(C)C. The minimum Gasteiger partial charge on any atom is -0.467 e. The number of hydrogen-bond acceptors (Lipinski definition) is 4. The summed E-state index contributed by atoms with van der Waals surface area (Å²) in [5.41, 5.74) is 0.308. The summed E-state index contributed by atoms with van der Waals surface area (Å²) >= 11 is 0. The molecule has 2 aromatic rings. The topological polar surface area (TPSA) is 68.3 Å². The van der Waals surface area contributed by atoms with E-state index >= 15 is 0 Å². The van der Waals surface area contributed by atoms with Crippen molar-refractivity contribution in [3.8, 4) is 0 Å². The van der Waals surface area contributed by atoms with Crippen LogP contribution in [0.4, 0.5) is 0 Å². The predicted octanol–water partition coefficient (Wildman–Crippen LogP) is 2.16. The molecule has 0 aliphatic rings. The van der Waals surface area contributed by atoms with E-state index in [0.29, 0.717) is 5.69 Å². The maximum atomic E-state index is 12.4. The van der Waals surface area contributed by atoms with Crippen LogP contribution < -0.4 is 5.32 Å². The fourth-order valence-corrected chi connectivity index (χ4v) is 2.13. The molecule has 0 saturated heterocycles. The number of carbonyl (C=O) groups is 2. The van der Waals surface area contributed by atoms with Crippen molar-refractivity contribution in [1.82, 2.24) is 10.3 Å². The number of esters is 1. The molecule has 1 N–H and O–H groups in total. The number of hydrogen-bond donors (Lipinski definition) is 1. The van der Waals surface area contributed by atoms with Crippen molar-refractivity contribution >= 4 is 22.6 Å². The number of ether oxygens (including phenoxy) is 1. The summed E-state index contributed by atoms with van der Waals surface area (Å²) in [4.78, 5) is 28.3. The third-order valence-corrected chi connectivity index (χ3v) is 3.30. The summed E-state index contributed by atoms with van der Waals surface area (Å²) < 4.78 is 4.72. The van der Waals surface area contributed by atoms with Crippen LogP contribution in [0.1, 0.15) is 24.3 Å². The number of methoxy groups -OCH3 is 1. The lowest BCUT2D eigenvalue weighted by molar-refractivity contribution is -0.144. The molecule has 1 aromatic carbocycles. The standard InChI is InChI=1S/C16H18N2O3/c1-10(2)13(16(20)21-3)18-15(19)14-12-7-5-4-6-11(12)8-9-17-14/h4-10,13H,1-3H3,(H,18,19). The van der Waals surface area contributed by atoms with Gasteiger partial charge in [0, 0.05) is 11.6 Å². The molecule has 0 fully saturated rings. The Morgan fingerprint density at radius 3 is 2.57 bits per heavy atom. The van der Waals surface area contributed by atoms with Gasteiger partial charge in [-0.3, -0.25) is 9.78 Å². The molecule has 0 radical (unpaired) electrons. The molecule has 1 amide bonds. The first-order chi connectivity index (χ1) is 10.0. The number of pyridine rings is 1. The average Bonchev–Trinajstić information content (AvgIpc) is 2.50. The molecule has 5 heteroatoms. The van der Waals surface area contributed by atoms with Crippen molar-refractivity contribution in [3.05, 3.63) is 42.2 Å². The van der Waals surface area contributed by atoms with Crippen LogP contribution in [0.25, 0.3) is 10.8 Å². The summed E-state index contributed by atoms with van der Waals surface area (Å²) in [5, 5.41) is 4.38. The van der Waals surface area contributed by atoms with Crippen molar-refractivity contribution in [1.29, 1.82) is 0 Å². The van der Waals surface area contributed by atoms with Gasteiger partial charge in [0.15, 0.2) is 0 Å². The second-order valence-corrected chi connectivity index (χ2v) is 5.10. The van der Waals surface area contributed by atoms with Crippen LogP contribution in [-0.4, -0.2) is 30.0 Å². The van der Waals surface area contributed by atoms with Gasteiger partial charge < -0.3 is 10.1 Å². The Morgan fingerprint density at radius 1 is 1.19 bits per heavy atom. The lowest BCUT2D eigenvalue weighted by atomic mass is 10.0. The van der Waals surface area contributed by atoms with E-state index in [2.05, 4.69) is 10.3 Å². The fourth-order valence-electron chi connectivity index (χ4n) is 2.13. The van der Waals surface area contributed by atoms with Crippen LogP contribution in [-0.2, 0) is 9.53 Å². The number of benzene rings is 1. The zero-order valence-electron chi connectivity index (χ0n) is 12.3. The van der Waals surface area contributed by atoms with Crippen molar-refractivity contribution in [3.63, 3.8) is 0 Å². The molecule has 0 saturated carbocycles. The van der Waals surface area contributed by atoms with Crippen LogP contribution in [0.15, 0.2) is 36.5 Å². The molecule has 0 bridgehead atoms. The highest BCUT2D eigenvalue weighted by atomic mass is 16.5. The lowest BCUT2D eigenvalue weighted by Crippen LogP contribution is -2.45. The van der Waals surface area contributed by atoms with Gasteiger partial charge in [0.2, 0.25) is 0 Å². The Kier molecular flexibility index (Phi) is 4.52. The van der Waals surface area contributed by atoms with E-state index in [1.807, 2.05) is 44.2 Å². The van der Waals surface area contributed by atoms with Gasteiger partial charge in [-0.15, -0.1) is 0 Å². The predicted molar refractivity (Wildman–Crippen MR) is 79.9 cm³/mol. The highest BCUT2D eigenvalue weighted by Crippen LogP contribution is 2.16. The Balaban J connectivity index is 2.32. The smallest absolute Gasteiger partial charge is 0.328 e. The molecule has 2 rings (SSSR count). The Labute approximate surface area is 123 Å². The molecule has 110 valence electrons. The third-order valence-electron chi connectivity index (χ3n) is 3.30. The van der Waals surface area contributed by atoms with E-state index in [9.17, 15) is 9.59 Å². The zero-order valence-corrected chi connectivity index (χ0v) is 12.3. The van der Waals surface area contributed by atoms with Gasteiger partial charge in [0.05, 0.1) is 7.11 Å². The van der Waals surface area contributed by atoms with E-state index < -0.39 is 12.0 Å². The number of amides is 1. The van der Waals surface area contributed by atoms with E-state index in [0.717, 1.165) is 10.8 Å². The largest absolute Gasteiger partial charge is 0.467 e. The van der Waals surface area contributed by atoms with Gasteiger partial charge in [-0.25, -0.2) is 4.79 Å². The minimum absolute atomic E-state index is 0.0728. The normalized spacial score (nSPS) is 12.2. The fraction of sp³-hybridized carbons (Fsp3) is 0.312. The highest BCUT2D eigenvalue weighted by molar-refractivity contribution is 6.06. The van der Waals surface area contributed by atoms with E-state index in [1.165, 1.54) is 7.11 Å². The Hall–Kier alpha value is -2.43. The summed E-state index contributed by atoms with van der Waals surface area (Å²) in [6.07, 6.45) is 1.58. The number of nitrogens with one attached hydrogen (secondary N) is 1. The van der Waals surface area contributed by atoms with Crippen LogP contribution in [0.5, 0.6) is 0 Å². The molecule has 21 heavy (non-hydrogen) atoms. The molecule has 0 aliphatic heterocycles. The van der Waals surface area contributed by atoms with E-state index in [-0.39, 0.29) is 11.8 Å². The van der Waals surface area contributed by atoms with E-state index in [1.54, 1.807) is 6.20 Å². The maximum Gasteiger partial charge on any atom is 0.328 e. The highest BCUT2D eigenvalue weighted by Gasteiger charge is 2.26. The average molecular weight is 286 g/mol. The number of nitrogens with zero attached hydrogens (tertiary/aromatic N) is 1. The van der Waals surface area contributed by atoms with Crippen molar-refractivity contribution in [2.24, 2.45) is 5.92 Å². The first-order valence-corrected chi connectivity index (χ1v) is 6.77. The van der Waals surface area contributed by atoms with Crippen LogP contribution in [0.2, 0.25) is 0 Å². The van der Waals surface area contributed by atoms with Crippen LogP contribution in [0.3, 0.4) is 0 Å². The van der Waals surface area contributed by atoms with Crippen molar-refractivity contribution in [2.45, 2.75) is 19.9 Å². The third kappa shape index (κ3) is 3.18. The van der Waals surface area contributed by atoms with Gasteiger partial charge in [0.1, 0.15) is 11.7 Å². The Morgan fingerprint density at radius 2 is 1.90 bits per heavy atom. The first kappa shape index (κ1) is 15.0.